The lowest BCUT2D eigenvalue weighted by atomic mass is 10.1. The maximum absolute atomic E-state index is 12.1. The molecule has 0 aliphatic heterocycles. The first-order valence-corrected chi connectivity index (χ1v) is 9.19. The molecular weight excluding hydrogens is 382 g/mol. The van der Waals surface area contributed by atoms with Gasteiger partial charge in [-0.2, -0.15) is 0 Å². The van der Waals surface area contributed by atoms with E-state index in [0.717, 1.165) is 31.7 Å². The third kappa shape index (κ3) is 4.18. The summed E-state index contributed by atoms with van der Waals surface area (Å²) in [6, 6.07) is 2.39. The van der Waals surface area contributed by atoms with Crippen LogP contribution in [0.15, 0.2) is 21.5 Å². The molecule has 116 valence electrons. The van der Waals surface area contributed by atoms with E-state index in [2.05, 4.69) is 15.9 Å². The summed E-state index contributed by atoms with van der Waals surface area (Å²) in [5.74, 6) is -0.268. The highest BCUT2D eigenvalue weighted by Crippen LogP contribution is 2.31. The van der Waals surface area contributed by atoms with Crippen LogP contribution in [0.4, 0.5) is 0 Å². The number of hydrogen-bond donors (Lipinski definition) is 1. The van der Waals surface area contributed by atoms with Crippen LogP contribution >= 0.6 is 27.5 Å². The lowest BCUT2D eigenvalue weighted by Gasteiger charge is -2.12. The predicted molar refractivity (Wildman–Crippen MR) is 82.8 cm³/mol. The van der Waals surface area contributed by atoms with Crippen LogP contribution in [0.3, 0.4) is 0 Å². The van der Waals surface area contributed by atoms with E-state index in [1.54, 1.807) is 0 Å². The number of carbonyl (C=O) groups excluding carboxylic acids is 1. The summed E-state index contributed by atoms with van der Waals surface area (Å²) in [5.41, 5.74) is -0.00642. The standard InChI is InChI=1S/C13H15BrClNO4S/c14-11-6-9(21(16,18)19)5-10(12(11)15)13(17)20-7-8-3-1-2-4-8/h5-6,8H,1-4,7H2,(H2,16,18,19). The highest BCUT2D eigenvalue weighted by molar-refractivity contribution is 9.10. The molecule has 1 aliphatic carbocycles. The van der Waals surface area contributed by atoms with Crippen molar-refractivity contribution in [3.63, 3.8) is 0 Å². The van der Waals surface area contributed by atoms with Gasteiger partial charge in [0.2, 0.25) is 10.0 Å². The van der Waals surface area contributed by atoms with Crippen molar-refractivity contribution >= 4 is 43.5 Å². The second-order valence-corrected chi connectivity index (χ2v) is 7.85. The Morgan fingerprint density at radius 3 is 2.57 bits per heavy atom. The fourth-order valence-corrected chi connectivity index (χ4v) is 3.69. The van der Waals surface area contributed by atoms with E-state index in [4.69, 9.17) is 21.5 Å². The van der Waals surface area contributed by atoms with Crippen molar-refractivity contribution in [2.45, 2.75) is 30.6 Å². The molecule has 1 aromatic rings. The monoisotopic (exact) mass is 395 g/mol. The molecule has 0 spiro atoms. The highest BCUT2D eigenvalue weighted by Gasteiger charge is 2.22. The Morgan fingerprint density at radius 2 is 2.00 bits per heavy atom. The first-order valence-electron chi connectivity index (χ1n) is 6.48. The Morgan fingerprint density at radius 1 is 1.38 bits per heavy atom. The summed E-state index contributed by atoms with van der Waals surface area (Å²) in [6.45, 7) is 0.326. The SMILES string of the molecule is NS(=O)(=O)c1cc(Br)c(Cl)c(C(=O)OCC2CCCC2)c1. The number of ether oxygens (including phenoxy) is 1. The second-order valence-electron chi connectivity index (χ2n) is 5.06. The normalized spacial score (nSPS) is 16.1. The molecule has 0 saturated heterocycles. The number of benzene rings is 1. The molecule has 1 aliphatic rings. The van der Waals surface area contributed by atoms with Crippen LogP contribution in [0.1, 0.15) is 36.0 Å². The third-order valence-electron chi connectivity index (χ3n) is 3.48. The van der Waals surface area contributed by atoms with Gasteiger partial charge in [-0.25, -0.2) is 18.4 Å². The van der Waals surface area contributed by atoms with Crippen molar-refractivity contribution in [1.29, 1.82) is 0 Å². The van der Waals surface area contributed by atoms with Crippen molar-refractivity contribution in [2.24, 2.45) is 11.1 Å². The Bertz CT molecular complexity index is 656. The zero-order chi connectivity index (χ0) is 15.6. The van der Waals surface area contributed by atoms with Crippen LogP contribution in [-0.4, -0.2) is 21.0 Å². The van der Waals surface area contributed by atoms with E-state index < -0.39 is 16.0 Å². The smallest absolute Gasteiger partial charge is 0.339 e. The number of sulfonamides is 1. The van der Waals surface area contributed by atoms with Gasteiger partial charge in [-0.05, 0) is 46.8 Å². The number of nitrogens with two attached hydrogens (primary N) is 1. The minimum absolute atomic E-state index is 0.00642. The summed E-state index contributed by atoms with van der Waals surface area (Å²) >= 11 is 9.14. The molecule has 0 radical (unpaired) electrons. The molecule has 0 bridgehead atoms. The molecule has 1 aromatic carbocycles. The molecule has 0 aromatic heterocycles. The zero-order valence-corrected chi connectivity index (χ0v) is 14.3. The molecule has 5 nitrogen and oxygen atoms in total. The van der Waals surface area contributed by atoms with Gasteiger partial charge in [-0.1, -0.05) is 24.4 Å². The summed E-state index contributed by atoms with van der Waals surface area (Å²) < 4.78 is 28.3. The number of hydrogen-bond acceptors (Lipinski definition) is 4. The average molecular weight is 397 g/mol. The number of carbonyl (C=O) groups is 1. The summed E-state index contributed by atoms with van der Waals surface area (Å²) in [4.78, 5) is 11.9. The molecule has 8 heteroatoms. The van der Waals surface area contributed by atoms with Crippen LogP contribution in [-0.2, 0) is 14.8 Å². The summed E-state index contributed by atoms with van der Waals surface area (Å²) in [7, 11) is -3.93. The van der Waals surface area contributed by atoms with E-state index in [0.29, 0.717) is 12.5 Å². The van der Waals surface area contributed by atoms with Gasteiger partial charge in [0.1, 0.15) is 0 Å². The van der Waals surface area contributed by atoms with Crippen molar-refractivity contribution < 1.29 is 17.9 Å². The molecule has 0 heterocycles. The molecule has 0 unspecified atom stereocenters. The fraction of sp³-hybridized carbons (Fsp3) is 0.462. The largest absolute Gasteiger partial charge is 0.462 e. The highest BCUT2D eigenvalue weighted by atomic mass is 79.9. The van der Waals surface area contributed by atoms with E-state index in [1.807, 2.05) is 0 Å². The predicted octanol–water partition coefficient (Wildman–Crippen LogP) is 3.10. The van der Waals surface area contributed by atoms with E-state index >= 15 is 0 Å². The molecular formula is C13H15BrClNO4S. The van der Waals surface area contributed by atoms with Gasteiger partial charge in [-0.3, -0.25) is 0 Å². The number of primary sulfonamides is 1. The van der Waals surface area contributed by atoms with Crippen LogP contribution in [0.25, 0.3) is 0 Å². The molecule has 1 fully saturated rings. The van der Waals surface area contributed by atoms with Gasteiger partial charge >= 0.3 is 5.97 Å². The Hall–Kier alpha value is -0.630. The zero-order valence-electron chi connectivity index (χ0n) is 11.1. The second kappa shape index (κ2) is 6.64. The molecule has 2 N–H and O–H groups in total. The van der Waals surface area contributed by atoms with Crippen molar-refractivity contribution in [1.82, 2.24) is 0 Å². The van der Waals surface area contributed by atoms with Gasteiger partial charge in [0.25, 0.3) is 0 Å². The van der Waals surface area contributed by atoms with Crippen LogP contribution in [0.5, 0.6) is 0 Å². The van der Waals surface area contributed by atoms with E-state index in [1.165, 1.54) is 6.07 Å². The van der Waals surface area contributed by atoms with Gasteiger partial charge in [0.15, 0.2) is 0 Å². The molecule has 21 heavy (non-hydrogen) atoms. The Balaban J connectivity index is 2.21. The van der Waals surface area contributed by atoms with Crippen molar-refractivity contribution in [3.8, 4) is 0 Å². The lowest BCUT2D eigenvalue weighted by molar-refractivity contribution is 0.0442. The first-order chi connectivity index (χ1) is 9.79. The third-order valence-corrected chi connectivity index (χ3v) is 5.63. The number of rotatable bonds is 4. The molecule has 0 atom stereocenters. The molecule has 1 saturated carbocycles. The van der Waals surface area contributed by atoms with Crippen LogP contribution in [0, 0.1) is 5.92 Å². The minimum Gasteiger partial charge on any atom is -0.462 e. The lowest BCUT2D eigenvalue weighted by Crippen LogP contribution is -2.16. The van der Waals surface area contributed by atoms with Gasteiger partial charge < -0.3 is 4.74 Å². The van der Waals surface area contributed by atoms with Gasteiger partial charge in [0.05, 0.1) is 22.1 Å². The maximum Gasteiger partial charge on any atom is 0.339 e. The maximum atomic E-state index is 12.1. The van der Waals surface area contributed by atoms with Crippen molar-refractivity contribution in [3.05, 3.63) is 27.2 Å². The van der Waals surface area contributed by atoms with Crippen LogP contribution < -0.4 is 5.14 Å². The quantitative estimate of drug-likeness (QED) is 0.792. The number of esters is 1. The van der Waals surface area contributed by atoms with E-state index in [9.17, 15) is 13.2 Å². The Kier molecular flexibility index (Phi) is 5.29. The Labute approximate surface area is 137 Å². The average Bonchev–Trinajstić information content (AvgIpc) is 2.91. The first kappa shape index (κ1) is 16.7. The fourth-order valence-electron chi connectivity index (χ4n) is 2.33. The number of halogens is 2. The molecule has 0 amide bonds. The van der Waals surface area contributed by atoms with E-state index in [-0.39, 0.29) is 20.0 Å². The van der Waals surface area contributed by atoms with Crippen LogP contribution in [0.2, 0.25) is 5.02 Å². The summed E-state index contributed by atoms with van der Waals surface area (Å²) in [5, 5.41) is 5.18. The topological polar surface area (TPSA) is 86.5 Å². The van der Waals surface area contributed by atoms with Gasteiger partial charge in [-0.15, -0.1) is 0 Å². The van der Waals surface area contributed by atoms with Crippen molar-refractivity contribution in [2.75, 3.05) is 6.61 Å². The molecule has 2 rings (SSSR count). The van der Waals surface area contributed by atoms with Gasteiger partial charge in [0, 0.05) is 4.47 Å². The minimum atomic E-state index is -3.93. The summed E-state index contributed by atoms with van der Waals surface area (Å²) in [6.07, 6.45) is 4.38.